The third kappa shape index (κ3) is 4.83. The Kier molecular flexibility index (Phi) is 6.87. The van der Waals surface area contributed by atoms with Gasteiger partial charge in [0.1, 0.15) is 5.69 Å². The van der Waals surface area contributed by atoms with E-state index in [1.165, 1.54) is 61.3 Å². The molecule has 1 N–H and O–H groups in total. The smallest absolute Gasteiger partial charge is 0.234 e. The Morgan fingerprint density at radius 3 is 2.28 bits per heavy atom. The van der Waals surface area contributed by atoms with E-state index >= 15 is 0 Å². The monoisotopic (exact) mass is 482 g/mol. The van der Waals surface area contributed by atoms with E-state index in [0.29, 0.717) is 5.95 Å². The van der Waals surface area contributed by atoms with Gasteiger partial charge in [0.25, 0.3) is 0 Å². The molecule has 0 spiro atoms. The van der Waals surface area contributed by atoms with Gasteiger partial charge < -0.3 is 9.88 Å². The van der Waals surface area contributed by atoms with Crippen LogP contribution in [-0.4, -0.2) is 72.0 Å². The van der Waals surface area contributed by atoms with Crippen LogP contribution < -0.4 is 0 Å². The van der Waals surface area contributed by atoms with Gasteiger partial charge in [-0.1, -0.05) is 0 Å². The first-order valence-electron chi connectivity index (χ1n) is 13.2. The highest BCUT2D eigenvalue weighted by Crippen LogP contribution is 2.36. The number of hydrogen-bond donors (Lipinski definition) is 1. The van der Waals surface area contributed by atoms with Crippen LogP contribution in [0, 0.1) is 0 Å². The van der Waals surface area contributed by atoms with Crippen LogP contribution in [0.3, 0.4) is 0 Å². The average Bonchev–Trinajstić information content (AvgIpc) is 3.74. The second-order valence-corrected chi connectivity index (χ2v) is 9.88. The fraction of sp³-hybridized carbons (Fsp3) is 0.429. The van der Waals surface area contributed by atoms with Crippen molar-refractivity contribution in [3.63, 3.8) is 0 Å². The average molecular weight is 483 g/mol. The predicted molar refractivity (Wildman–Crippen MR) is 140 cm³/mol. The Bertz CT molecular complexity index is 1240. The third-order valence-corrected chi connectivity index (χ3v) is 7.53. The van der Waals surface area contributed by atoms with Gasteiger partial charge in [-0.05, 0) is 87.6 Å². The third-order valence-electron chi connectivity index (χ3n) is 7.53. The number of nitrogens with one attached hydrogen (secondary N) is 1. The quantitative estimate of drug-likeness (QED) is 0.390. The molecule has 6 rings (SSSR count). The number of aromatic amines is 1. The van der Waals surface area contributed by atoms with Gasteiger partial charge >= 0.3 is 0 Å². The Hall–Kier alpha value is -3.36. The van der Waals surface area contributed by atoms with Gasteiger partial charge in [0.05, 0.1) is 11.9 Å². The molecule has 0 unspecified atom stereocenters. The van der Waals surface area contributed by atoms with Crippen LogP contribution in [0.2, 0.25) is 0 Å². The van der Waals surface area contributed by atoms with Gasteiger partial charge in [0.15, 0.2) is 0 Å². The number of rotatable bonds is 9. The lowest BCUT2D eigenvalue weighted by Gasteiger charge is -2.19. The highest BCUT2D eigenvalue weighted by Gasteiger charge is 2.29. The number of aromatic nitrogens is 6. The number of likely N-dealkylation sites (tertiary alicyclic amines) is 2. The first-order valence-corrected chi connectivity index (χ1v) is 13.2. The topological polar surface area (TPSA) is 78.8 Å². The summed E-state index contributed by atoms with van der Waals surface area (Å²) < 4.78 is 2.26. The molecule has 186 valence electrons. The van der Waals surface area contributed by atoms with E-state index in [1.807, 2.05) is 30.9 Å². The van der Waals surface area contributed by atoms with Gasteiger partial charge in [0.2, 0.25) is 5.95 Å². The number of hydrogen-bond acceptors (Lipinski definition) is 6. The SMILES string of the molecule is c1cnc(-n2c(Cc3ccc[nH]3)c(CCN3CCCC3)c(CN3CCCC3)c2-c2cnccn2)nc1. The Balaban J connectivity index is 1.55. The van der Waals surface area contributed by atoms with E-state index in [2.05, 4.69) is 36.5 Å². The molecule has 0 aromatic carbocycles. The van der Waals surface area contributed by atoms with Crippen molar-refractivity contribution < 1.29 is 0 Å². The highest BCUT2D eigenvalue weighted by molar-refractivity contribution is 5.66. The molecule has 0 radical (unpaired) electrons. The van der Waals surface area contributed by atoms with Gasteiger partial charge in [0, 0.05) is 61.9 Å². The molecule has 0 atom stereocenters. The van der Waals surface area contributed by atoms with E-state index < -0.39 is 0 Å². The van der Waals surface area contributed by atoms with E-state index in [1.54, 1.807) is 12.4 Å². The molecular formula is C28H34N8. The second kappa shape index (κ2) is 10.7. The van der Waals surface area contributed by atoms with Crippen LogP contribution in [0.25, 0.3) is 17.3 Å². The van der Waals surface area contributed by atoms with Crippen molar-refractivity contribution in [2.75, 3.05) is 32.7 Å². The van der Waals surface area contributed by atoms with Crippen molar-refractivity contribution in [1.82, 2.24) is 39.3 Å². The molecule has 2 saturated heterocycles. The minimum Gasteiger partial charge on any atom is -0.365 e. The molecule has 0 saturated carbocycles. The van der Waals surface area contributed by atoms with Gasteiger partial charge in [-0.15, -0.1) is 0 Å². The first-order chi connectivity index (χ1) is 17.9. The zero-order valence-electron chi connectivity index (χ0n) is 20.8. The minimum atomic E-state index is 0.690. The number of H-pyrrole nitrogens is 1. The zero-order chi connectivity index (χ0) is 24.2. The molecular weight excluding hydrogens is 448 g/mol. The van der Waals surface area contributed by atoms with Crippen LogP contribution in [0.5, 0.6) is 0 Å². The Labute approximate surface area is 212 Å². The van der Waals surface area contributed by atoms with Crippen molar-refractivity contribution in [1.29, 1.82) is 0 Å². The predicted octanol–water partition coefficient (Wildman–Crippen LogP) is 3.88. The molecule has 6 heterocycles. The molecule has 0 bridgehead atoms. The molecule has 36 heavy (non-hydrogen) atoms. The summed E-state index contributed by atoms with van der Waals surface area (Å²) in [6.07, 6.45) is 18.0. The molecule has 8 nitrogen and oxygen atoms in total. The summed E-state index contributed by atoms with van der Waals surface area (Å²) in [5, 5.41) is 0. The fourth-order valence-electron chi connectivity index (χ4n) is 5.79. The van der Waals surface area contributed by atoms with Crippen molar-refractivity contribution >= 4 is 0 Å². The Morgan fingerprint density at radius 1 is 0.806 bits per heavy atom. The molecule has 0 amide bonds. The lowest BCUT2D eigenvalue weighted by molar-refractivity contribution is 0.326. The minimum absolute atomic E-state index is 0.690. The van der Waals surface area contributed by atoms with E-state index in [4.69, 9.17) is 15.0 Å². The van der Waals surface area contributed by atoms with E-state index in [9.17, 15) is 0 Å². The maximum Gasteiger partial charge on any atom is 0.234 e. The summed E-state index contributed by atoms with van der Waals surface area (Å²) in [6.45, 7) is 6.68. The van der Waals surface area contributed by atoms with Crippen LogP contribution >= 0.6 is 0 Å². The summed E-state index contributed by atoms with van der Waals surface area (Å²) >= 11 is 0. The second-order valence-electron chi connectivity index (χ2n) is 9.88. The van der Waals surface area contributed by atoms with Crippen LogP contribution in [0.15, 0.2) is 55.4 Å². The van der Waals surface area contributed by atoms with Gasteiger partial charge in [-0.25, -0.2) is 9.97 Å². The highest BCUT2D eigenvalue weighted by atomic mass is 15.2. The van der Waals surface area contributed by atoms with Gasteiger partial charge in [-0.3, -0.25) is 19.4 Å². The normalized spacial score (nSPS) is 16.8. The molecule has 8 heteroatoms. The largest absolute Gasteiger partial charge is 0.365 e. The fourth-order valence-corrected chi connectivity index (χ4v) is 5.79. The lowest BCUT2D eigenvalue weighted by atomic mass is 10.0. The number of nitrogens with zero attached hydrogens (tertiary/aromatic N) is 7. The van der Waals surface area contributed by atoms with Crippen LogP contribution in [0.1, 0.15) is 48.2 Å². The molecule has 2 fully saturated rings. The lowest BCUT2D eigenvalue weighted by Crippen LogP contribution is -2.24. The van der Waals surface area contributed by atoms with Crippen molar-refractivity contribution in [3.8, 4) is 17.3 Å². The molecule has 2 aliphatic rings. The van der Waals surface area contributed by atoms with E-state index in [-0.39, 0.29) is 0 Å². The summed E-state index contributed by atoms with van der Waals surface area (Å²) in [4.78, 5) is 27.3. The standard InChI is InChI=1S/C28H34N8/c1-2-15-34(14-1)18-8-23-24(21-35-16-3-4-17-35)27(25-20-29-12-13-31-25)36(28-32-10-6-11-33-28)26(23)19-22-7-5-9-30-22/h5-7,9-13,20,30H,1-4,8,14-19,21H2. The van der Waals surface area contributed by atoms with Crippen LogP contribution in [0.4, 0.5) is 0 Å². The summed E-state index contributed by atoms with van der Waals surface area (Å²) in [5.74, 6) is 0.690. The van der Waals surface area contributed by atoms with Crippen molar-refractivity contribution in [3.05, 3.63) is 77.9 Å². The maximum absolute atomic E-state index is 4.78. The molecule has 4 aromatic rings. The zero-order valence-corrected chi connectivity index (χ0v) is 20.8. The molecule has 4 aromatic heterocycles. The first kappa shape index (κ1) is 23.1. The van der Waals surface area contributed by atoms with Gasteiger partial charge in [-0.2, -0.15) is 0 Å². The summed E-state index contributed by atoms with van der Waals surface area (Å²) in [6, 6.07) is 6.11. The van der Waals surface area contributed by atoms with Crippen molar-refractivity contribution in [2.24, 2.45) is 0 Å². The molecule has 2 aliphatic heterocycles. The summed E-state index contributed by atoms with van der Waals surface area (Å²) in [5.41, 5.74) is 7.16. The molecule has 0 aliphatic carbocycles. The Morgan fingerprint density at radius 2 is 1.58 bits per heavy atom. The van der Waals surface area contributed by atoms with Crippen molar-refractivity contribution in [2.45, 2.75) is 45.1 Å². The van der Waals surface area contributed by atoms with E-state index in [0.717, 1.165) is 50.4 Å². The maximum atomic E-state index is 4.78. The summed E-state index contributed by atoms with van der Waals surface area (Å²) in [7, 11) is 0. The van der Waals surface area contributed by atoms with Crippen LogP contribution in [-0.2, 0) is 19.4 Å².